The number of carbonyl (C=O) groups excluding carboxylic acids is 2. The Morgan fingerprint density at radius 3 is 1.80 bits per heavy atom. The van der Waals surface area contributed by atoms with Gasteiger partial charge in [-0.1, -0.05) is 13.8 Å². The second-order valence-corrected chi connectivity index (χ2v) is 6.23. The van der Waals surface area contributed by atoms with E-state index in [1.54, 1.807) is 27.7 Å². The lowest BCUT2D eigenvalue weighted by molar-refractivity contribution is 0.0923. The summed E-state index contributed by atoms with van der Waals surface area (Å²) in [7, 11) is 0. The van der Waals surface area contributed by atoms with E-state index in [2.05, 4.69) is 10.6 Å². The molecule has 1 unspecified atom stereocenters. The molecule has 1 aromatic rings. The van der Waals surface area contributed by atoms with Crippen LogP contribution in [-0.4, -0.2) is 35.6 Å². The first-order chi connectivity index (χ1) is 11.6. The van der Waals surface area contributed by atoms with Crippen molar-refractivity contribution in [1.29, 1.82) is 0 Å². The molecule has 1 rings (SSSR count). The van der Waals surface area contributed by atoms with E-state index in [1.807, 2.05) is 27.7 Å². The molecule has 0 aromatic heterocycles. The van der Waals surface area contributed by atoms with Crippen LogP contribution in [0.4, 0.5) is 5.69 Å². The van der Waals surface area contributed by atoms with Gasteiger partial charge in [0, 0.05) is 29.4 Å². The molecule has 6 heteroatoms. The van der Waals surface area contributed by atoms with Crippen LogP contribution in [0.2, 0.25) is 0 Å². The van der Waals surface area contributed by atoms with Crippen molar-refractivity contribution >= 4 is 17.5 Å². The molecule has 0 saturated heterocycles. The smallest absolute Gasteiger partial charge is 0.252 e. The summed E-state index contributed by atoms with van der Waals surface area (Å²) in [4.78, 5) is 24.9. The van der Waals surface area contributed by atoms with Crippen molar-refractivity contribution in [1.82, 2.24) is 10.6 Å². The number of aliphatic hydroxyl groups excluding tert-OH is 1. The number of nitrogens with one attached hydrogen (secondary N) is 2. The summed E-state index contributed by atoms with van der Waals surface area (Å²) in [5.74, 6) is -0.586. The van der Waals surface area contributed by atoms with Gasteiger partial charge >= 0.3 is 0 Å². The molecule has 0 aliphatic heterocycles. The van der Waals surface area contributed by atoms with E-state index in [0.717, 1.165) is 0 Å². The summed E-state index contributed by atoms with van der Waals surface area (Å²) in [6.45, 7) is 14.8. The van der Waals surface area contributed by atoms with Crippen LogP contribution in [0.5, 0.6) is 0 Å². The summed E-state index contributed by atoms with van der Waals surface area (Å²) < 4.78 is 0. The Kier molecular flexibility index (Phi) is 9.20. The van der Waals surface area contributed by atoms with Crippen LogP contribution in [-0.2, 0) is 0 Å². The highest BCUT2D eigenvalue weighted by Crippen LogP contribution is 2.29. The summed E-state index contributed by atoms with van der Waals surface area (Å²) >= 11 is 0. The lowest BCUT2D eigenvalue weighted by atomic mass is 9.90. The molecule has 142 valence electrons. The average Bonchev–Trinajstić information content (AvgIpc) is 2.52. The molecule has 1 atom stereocenters. The van der Waals surface area contributed by atoms with Gasteiger partial charge in [0.2, 0.25) is 0 Å². The van der Waals surface area contributed by atoms with Crippen LogP contribution in [0, 0.1) is 20.8 Å². The van der Waals surface area contributed by atoms with Gasteiger partial charge in [0.25, 0.3) is 11.8 Å². The van der Waals surface area contributed by atoms with Gasteiger partial charge in [0.1, 0.15) is 0 Å². The Labute approximate surface area is 151 Å². The third-order valence-corrected chi connectivity index (χ3v) is 3.74. The molecule has 6 nitrogen and oxygen atoms in total. The highest BCUT2D eigenvalue weighted by molar-refractivity contribution is 6.06. The molecular weight excluding hydrogens is 318 g/mol. The SMILES string of the molecule is CC.Cc1c(N)c(C)c(C(=O)NC(C)C)c(C)c1C(=O)NCC(C)O. The number of rotatable bonds is 5. The number of nitrogens with two attached hydrogens (primary N) is 1. The largest absolute Gasteiger partial charge is 0.398 e. The van der Waals surface area contributed by atoms with Crippen molar-refractivity contribution in [3.05, 3.63) is 27.8 Å². The van der Waals surface area contributed by atoms with Crippen LogP contribution in [0.15, 0.2) is 0 Å². The van der Waals surface area contributed by atoms with Gasteiger partial charge in [-0.05, 0) is 58.2 Å². The maximum absolute atomic E-state index is 12.5. The molecule has 0 spiro atoms. The molecule has 0 heterocycles. The van der Waals surface area contributed by atoms with Crippen LogP contribution in [0.1, 0.15) is 72.0 Å². The number of hydrogen-bond donors (Lipinski definition) is 4. The fourth-order valence-corrected chi connectivity index (χ4v) is 2.58. The number of nitrogen functional groups attached to an aromatic ring is 1. The monoisotopic (exact) mass is 351 g/mol. The van der Waals surface area contributed by atoms with Crippen LogP contribution >= 0.6 is 0 Å². The molecule has 1 aromatic carbocycles. The number of hydrogen-bond acceptors (Lipinski definition) is 4. The van der Waals surface area contributed by atoms with Gasteiger partial charge in [-0.3, -0.25) is 9.59 Å². The van der Waals surface area contributed by atoms with Gasteiger partial charge in [0.15, 0.2) is 0 Å². The molecule has 0 saturated carbocycles. The molecular formula is C19H33N3O3. The first-order valence-electron chi connectivity index (χ1n) is 8.74. The maximum Gasteiger partial charge on any atom is 0.252 e. The second kappa shape index (κ2) is 10.0. The van der Waals surface area contributed by atoms with Gasteiger partial charge in [0.05, 0.1) is 6.10 Å². The first kappa shape index (κ1) is 22.9. The second-order valence-electron chi connectivity index (χ2n) is 6.23. The van der Waals surface area contributed by atoms with E-state index in [4.69, 9.17) is 5.73 Å². The number of anilines is 1. The van der Waals surface area contributed by atoms with Gasteiger partial charge in [-0.25, -0.2) is 0 Å². The Bertz CT molecular complexity index is 623. The van der Waals surface area contributed by atoms with Crippen molar-refractivity contribution in [2.24, 2.45) is 0 Å². The minimum Gasteiger partial charge on any atom is -0.398 e. The van der Waals surface area contributed by atoms with Crippen molar-refractivity contribution < 1.29 is 14.7 Å². The molecule has 25 heavy (non-hydrogen) atoms. The summed E-state index contributed by atoms with van der Waals surface area (Å²) in [6.07, 6.45) is -0.647. The molecule has 2 amide bonds. The summed E-state index contributed by atoms with van der Waals surface area (Å²) in [5, 5.41) is 14.8. The molecule has 0 aliphatic rings. The predicted molar refractivity (Wildman–Crippen MR) is 103 cm³/mol. The highest BCUT2D eigenvalue weighted by atomic mass is 16.3. The molecule has 0 bridgehead atoms. The fraction of sp³-hybridized carbons (Fsp3) is 0.579. The van der Waals surface area contributed by atoms with Crippen LogP contribution < -0.4 is 16.4 Å². The van der Waals surface area contributed by atoms with E-state index in [9.17, 15) is 14.7 Å². The fourth-order valence-electron chi connectivity index (χ4n) is 2.58. The highest BCUT2D eigenvalue weighted by Gasteiger charge is 2.24. The van der Waals surface area contributed by atoms with Crippen LogP contribution in [0.3, 0.4) is 0 Å². The zero-order chi connectivity index (χ0) is 19.9. The van der Waals surface area contributed by atoms with Gasteiger partial charge in [-0.2, -0.15) is 0 Å². The van der Waals surface area contributed by atoms with Crippen molar-refractivity contribution in [3.63, 3.8) is 0 Å². The maximum atomic E-state index is 12.5. The summed E-state index contributed by atoms with van der Waals surface area (Å²) in [6, 6.07) is -0.0173. The van der Waals surface area contributed by atoms with Gasteiger partial charge < -0.3 is 21.5 Å². The standard InChI is InChI=1S/C17H27N3O3.C2H6/c1-8(2)20-17(23)14-10(4)13(11(5)15(18)12(14)6)16(22)19-7-9(3)21;1-2/h8-9,21H,7,18H2,1-6H3,(H,19,22)(H,20,23);1-2H3. The number of amides is 2. The topological polar surface area (TPSA) is 104 Å². The average molecular weight is 351 g/mol. The Morgan fingerprint density at radius 1 is 0.960 bits per heavy atom. The van der Waals surface area contributed by atoms with E-state index < -0.39 is 6.10 Å². The third kappa shape index (κ3) is 5.74. The predicted octanol–water partition coefficient (Wildman–Crippen LogP) is 2.47. The van der Waals surface area contributed by atoms with Crippen molar-refractivity contribution in [3.8, 4) is 0 Å². The lowest BCUT2D eigenvalue weighted by Gasteiger charge is -2.20. The Hall–Kier alpha value is -2.08. The zero-order valence-electron chi connectivity index (χ0n) is 16.7. The van der Waals surface area contributed by atoms with E-state index in [1.165, 1.54) is 0 Å². The van der Waals surface area contributed by atoms with E-state index in [-0.39, 0.29) is 24.4 Å². The minimum absolute atomic E-state index is 0.0173. The molecule has 5 N–H and O–H groups in total. The van der Waals surface area contributed by atoms with Crippen molar-refractivity contribution in [2.45, 2.75) is 67.5 Å². The summed E-state index contributed by atoms with van der Waals surface area (Å²) in [5.41, 5.74) is 9.27. The Morgan fingerprint density at radius 2 is 1.40 bits per heavy atom. The van der Waals surface area contributed by atoms with Crippen LogP contribution in [0.25, 0.3) is 0 Å². The van der Waals surface area contributed by atoms with Crippen molar-refractivity contribution in [2.75, 3.05) is 12.3 Å². The zero-order valence-corrected chi connectivity index (χ0v) is 16.7. The number of aliphatic hydroxyl groups is 1. The Balaban J connectivity index is 0.00000277. The molecule has 0 aliphatic carbocycles. The lowest BCUT2D eigenvalue weighted by Crippen LogP contribution is -2.34. The normalized spacial score (nSPS) is 11.4. The first-order valence-corrected chi connectivity index (χ1v) is 8.74. The third-order valence-electron chi connectivity index (χ3n) is 3.74. The van der Waals surface area contributed by atoms with Gasteiger partial charge in [-0.15, -0.1) is 0 Å². The van der Waals surface area contributed by atoms with E-state index in [0.29, 0.717) is 33.5 Å². The van der Waals surface area contributed by atoms with E-state index >= 15 is 0 Å². The number of carbonyl (C=O) groups is 2. The number of benzene rings is 1. The molecule has 0 radical (unpaired) electrons. The minimum atomic E-state index is -0.647. The molecule has 0 fully saturated rings. The quantitative estimate of drug-likeness (QED) is 0.612.